The average molecular weight is 444 g/mol. The molecule has 0 fully saturated rings. The Bertz CT molecular complexity index is 1330. The predicted octanol–water partition coefficient (Wildman–Crippen LogP) is 4.22. The fourth-order valence-corrected chi connectivity index (χ4v) is 3.56. The molecule has 8 heteroatoms. The number of nitrogens with zero attached hydrogens (tertiary/aromatic N) is 3. The zero-order chi connectivity index (χ0) is 23.4. The topological polar surface area (TPSA) is 99.2 Å². The van der Waals surface area contributed by atoms with Gasteiger partial charge in [0.25, 0.3) is 11.4 Å². The van der Waals surface area contributed by atoms with E-state index in [9.17, 15) is 9.59 Å². The zero-order valence-corrected chi connectivity index (χ0v) is 18.7. The Labute approximate surface area is 190 Å². The Morgan fingerprint density at radius 3 is 2.52 bits per heavy atom. The van der Waals surface area contributed by atoms with Gasteiger partial charge in [0.15, 0.2) is 0 Å². The van der Waals surface area contributed by atoms with Crippen molar-refractivity contribution in [1.82, 2.24) is 14.7 Å². The standard InChI is InChI=1S/C25H24N4O4/c1-4-32-20-12-10-19(11-13-20)26-21(30)15-29-17(3)14-16(2)22(25(29)31)24-27-23(28-33-24)18-8-6-5-7-9-18/h5-14H,4,15H2,1-3H3,(H,26,30). The molecule has 0 saturated heterocycles. The van der Waals surface area contributed by atoms with Crippen LogP contribution >= 0.6 is 0 Å². The van der Waals surface area contributed by atoms with E-state index in [1.54, 1.807) is 38.1 Å². The molecule has 0 atom stereocenters. The first-order valence-electron chi connectivity index (χ1n) is 10.6. The smallest absolute Gasteiger partial charge is 0.264 e. The first-order valence-corrected chi connectivity index (χ1v) is 10.6. The highest BCUT2D eigenvalue weighted by Gasteiger charge is 2.20. The Hall–Kier alpha value is -4.20. The molecule has 168 valence electrons. The van der Waals surface area contributed by atoms with Crippen LogP contribution in [0.25, 0.3) is 22.8 Å². The summed E-state index contributed by atoms with van der Waals surface area (Å²) in [4.78, 5) is 30.4. The van der Waals surface area contributed by atoms with Gasteiger partial charge in [-0.2, -0.15) is 4.98 Å². The van der Waals surface area contributed by atoms with E-state index in [1.165, 1.54) is 4.57 Å². The normalized spacial score (nSPS) is 10.8. The number of pyridine rings is 1. The second-order valence-corrected chi connectivity index (χ2v) is 7.53. The Morgan fingerprint density at radius 1 is 1.09 bits per heavy atom. The molecular weight excluding hydrogens is 420 g/mol. The fourth-order valence-electron chi connectivity index (χ4n) is 3.56. The molecule has 0 spiro atoms. The number of carbonyl (C=O) groups is 1. The van der Waals surface area contributed by atoms with Crippen molar-refractivity contribution in [2.45, 2.75) is 27.3 Å². The monoisotopic (exact) mass is 444 g/mol. The summed E-state index contributed by atoms with van der Waals surface area (Å²) < 4.78 is 12.2. The summed E-state index contributed by atoms with van der Waals surface area (Å²) in [6, 6.07) is 18.3. The molecule has 33 heavy (non-hydrogen) atoms. The lowest BCUT2D eigenvalue weighted by molar-refractivity contribution is -0.116. The van der Waals surface area contributed by atoms with Crippen molar-refractivity contribution < 1.29 is 14.1 Å². The summed E-state index contributed by atoms with van der Waals surface area (Å²) in [5.74, 6) is 0.914. The number of nitrogens with one attached hydrogen (secondary N) is 1. The number of hydrogen-bond acceptors (Lipinski definition) is 6. The quantitative estimate of drug-likeness (QED) is 0.458. The van der Waals surface area contributed by atoms with Gasteiger partial charge in [-0.15, -0.1) is 0 Å². The minimum atomic E-state index is -0.363. The summed E-state index contributed by atoms with van der Waals surface area (Å²) in [6.07, 6.45) is 0. The molecule has 0 radical (unpaired) electrons. The molecule has 2 aromatic carbocycles. The second-order valence-electron chi connectivity index (χ2n) is 7.53. The molecule has 0 aliphatic rings. The lowest BCUT2D eigenvalue weighted by Crippen LogP contribution is -2.30. The van der Waals surface area contributed by atoms with E-state index >= 15 is 0 Å². The maximum atomic E-state index is 13.3. The van der Waals surface area contributed by atoms with Crippen molar-refractivity contribution in [1.29, 1.82) is 0 Å². The third-order valence-electron chi connectivity index (χ3n) is 5.13. The summed E-state index contributed by atoms with van der Waals surface area (Å²) in [6.45, 7) is 5.91. The van der Waals surface area contributed by atoms with E-state index in [4.69, 9.17) is 9.26 Å². The van der Waals surface area contributed by atoms with E-state index in [0.717, 1.165) is 11.3 Å². The summed E-state index contributed by atoms with van der Waals surface area (Å²) in [5.41, 5.74) is 2.68. The van der Waals surface area contributed by atoms with Crippen molar-refractivity contribution in [3.05, 3.63) is 82.3 Å². The van der Waals surface area contributed by atoms with Gasteiger partial charge in [0.2, 0.25) is 11.7 Å². The van der Waals surface area contributed by atoms with Crippen molar-refractivity contribution in [2.24, 2.45) is 0 Å². The van der Waals surface area contributed by atoms with Crippen LogP contribution in [-0.4, -0.2) is 27.2 Å². The largest absolute Gasteiger partial charge is 0.494 e. The number of ether oxygens (including phenoxy) is 1. The first-order chi connectivity index (χ1) is 16.0. The average Bonchev–Trinajstić information content (AvgIpc) is 3.28. The molecule has 0 unspecified atom stereocenters. The van der Waals surface area contributed by atoms with E-state index in [0.29, 0.717) is 29.4 Å². The number of benzene rings is 2. The van der Waals surface area contributed by atoms with Gasteiger partial charge in [0.05, 0.1) is 6.61 Å². The molecule has 8 nitrogen and oxygen atoms in total. The molecule has 0 aliphatic heterocycles. The molecule has 1 amide bonds. The van der Waals surface area contributed by atoms with Gasteiger partial charge in [0, 0.05) is 16.9 Å². The number of carbonyl (C=O) groups excluding carboxylic acids is 1. The van der Waals surface area contributed by atoms with Crippen LogP contribution in [0.2, 0.25) is 0 Å². The number of anilines is 1. The molecule has 0 aliphatic carbocycles. The van der Waals surface area contributed by atoms with Crippen LogP contribution in [0.4, 0.5) is 5.69 Å². The Kier molecular flexibility index (Phi) is 6.35. The molecular formula is C25H24N4O4. The number of rotatable bonds is 7. The Morgan fingerprint density at radius 2 is 1.82 bits per heavy atom. The fraction of sp³-hybridized carbons (Fsp3) is 0.200. The molecule has 4 aromatic rings. The van der Waals surface area contributed by atoms with Crippen molar-refractivity contribution >= 4 is 11.6 Å². The van der Waals surface area contributed by atoms with Gasteiger partial charge in [-0.25, -0.2) is 0 Å². The first kappa shape index (κ1) is 22.0. The third-order valence-corrected chi connectivity index (χ3v) is 5.13. The second kappa shape index (κ2) is 9.52. The van der Waals surface area contributed by atoms with Gasteiger partial charge in [0.1, 0.15) is 17.9 Å². The summed E-state index contributed by atoms with van der Waals surface area (Å²) in [7, 11) is 0. The summed E-state index contributed by atoms with van der Waals surface area (Å²) in [5, 5.41) is 6.82. The highest BCUT2D eigenvalue weighted by Crippen LogP contribution is 2.23. The van der Waals surface area contributed by atoms with Crippen LogP contribution in [0, 0.1) is 13.8 Å². The summed E-state index contributed by atoms with van der Waals surface area (Å²) >= 11 is 0. The van der Waals surface area contributed by atoms with Gasteiger partial charge in [-0.1, -0.05) is 35.5 Å². The minimum Gasteiger partial charge on any atom is -0.494 e. The zero-order valence-electron chi connectivity index (χ0n) is 18.7. The van der Waals surface area contributed by atoms with Crippen LogP contribution in [0.5, 0.6) is 5.75 Å². The van der Waals surface area contributed by atoms with E-state index in [2.05, 4.69) is 15.5 Å². The highest BCUT2D eigenvalue weighted by atomic mass is 16.5. The minimum absolute atomic E-state index is 0.122. The molecule has 0 bridgehead atoms. The SMILES string of the molecule is CCOc1ccc(NC(=O)Cn2c(C)cc(C)c(-c3nc(-c4ccccc4)no3)c2=O)cc1. The number of aryl methyl sites for hydroxylation is 2. The number of aromatic nitrogens is 3. The van der Waals surface area contributed by atoms with E-state index in [1.807, 2.05) is 43.3 Å². The van der Waals surface area contributed by atoms with Crippen molar-refractivity contribution in [3.8, 4) is 28.6 Å². The lowest BCUT2D eigenvalue weighted by Gasteiger charge is -2.13. The molecule has 1 N–H and O–H groups in total. The maximum Gasteiger partial charge on any atom is 0.264 e. The molecule has 4 rings (SSSR count). The highest BCUT2D eigenvalue weighted by molar-refractivity contribution is 5.90. The predicted molar refractivity (Wildman–Crippen MR) is 125 cm³/mol. The van der Waals surface area contributed by atoms with Gasteiger partial charge < -0.3 is 19.1 Å². The van der Waals surface area contributed by atoms with Gasteiger partial charge in [-0.05, 0) is 56.7 Å². The van der Waals surface area contributed by atoms with Crippen molar-refractivity contribution in [3.63, 3.8) is 0 Å². The Balaban J connectivity index is 1.59. The third kappa shape index (κ3) is 4.85. The lowest BCUT2D eigenvalue weighted by atomic mass is 10.1. The van der Waals surface area contributed by atoms with Crippen LogP contribution in [0.1, 0.15) is 18.2 Å². The molecule has 2 aromatic heterocycles. The van der Waals surface area contributed by atoms with Crippen LogP contribution in [-0.2, 0) is 11.3 Å². The van der Waals surface area contributed by atoms with E-state index < -0.39 is 0 Å². The van der Waals surface area contributed by atoms with Gasteiger partial charge in [-0.3, -0.25) is 9.59 Å². The van der Waals surface area contributed by atoms with Crippen LogP contribution in [0.15, 0.2) is 70.0 Å². The van der Waals surface area contributed by atoms with Crippen LogP contribution in [0.3, 0.4) is 0 Å². The van der Waals surface area contributed by atoms with Gasteiger partial charge >= 0.3 is 0 Å². The molecule has 0 saturated carbocycles. The number of hydrogen-bond donors (Lipinski definition) is 1. The van der Waals surface area contributed by atoms with Crippen LogP contribution < -0.4 is 15.6 Å². The number of amides is 1. The maximum absolute atomic E-state index is 13.3. The van der Waals surface area contributed by atoms with E-state index in [-0.39, 0.29) is 29.5 Å². The van der Waals surface area contributed by atoms with Crippen molar-refractivity contribution in [2.75, 3.05) is 11.9 Å². The molecule has 2 heterocycles.